The summed E-state index contributed by atoms with van der Waals surface area (Å²) in [5.41, 5.74) is -0.553. The van der Waals surface area contributed by atoms with E-state index in [0.29, 0.717) is 0 Å². The molecular weight excluding hydrogens is 234 g/mol. The summed E-state index contributed by atoms with van der Waals surface area (Å²) >= 11 is 0. The molecule has 2 aromatic rings. The SMILES string of the molecule is [2H]c1c([2H])c([2H])c(C([2H])([2H])[2H])c(OC(c2ccccc2)C([2H])([2H])CNC([2H])([2H])[2H])c1[2H]. The fourth-order valence-corrected chi connectivity index (χ4v) is 1.51. The Labute approximate surface area is 132 Å². The third-order valence-corrected chi connectivity index (χ3v) is 2.37. The second kappa shape index (κ2) is 6.95. The maximum atomic E-state index is 8.39. The Balaban J connectivity index is 2.66. The van der Waals surface area contributed by atoms with Gasteiger partial charge in [-0.05, 0) is 37.5 Å². The molecule has 1 atom stereocenters. The normalized spacial score (nSPS) is 23.4. The highest BCUT2D eigenvalue weighted by Gasteiger charge is 2.13. The molecule has 0 fully saturated rings. The fraction of sp³-hybridized carbons (Fsp3) is 0.294. The molecule has 0 saturated heterocycles. The molecule has 0 radical (unpaired) electrons. The maximum Gasteiger partial charge on any atom is 0.125 e. The summed E-state index contributed by atoms with van der Waals surface area (Å²) in [6.07, 6.45) is -3.98. The van der Waals surface area contributed by atoms with Crippen LogP contribution in [0.5, 0.6) is 5.75 Å². The van der Waals surface area contributed by atoms with Gasteiger partial charge < -0.3 is 10.1 Å². The number of nitrogens with one attached hydrogen (secondary N) is 1. The lowest BCUT2D eigenvalue weighted by atomic mass is 10.1. The largest absolute Gasteiger partial charge is 0.485 e. The summed E-state index contributed by atoms with van der Waals surface area (Å²) < 4.78 is 99.1. The van der Waals surface area contributed by atoms with E-state index in [1.54, 1.807) is 18.2 Å². The minimum Gasteiger partial charge on any atom is -0.485 e. The summed E-state index contributed by atoms with van der Waals surface area (Å²) in [5.74, 6) is -0.711. The molecule has 2 rings (SSSR count). The smallest absolute Gasteiger partial charge is 0.125 e. The minimum absolute atomic E-state index is 0.226. The van der Waals surface area contributed by atoms with Crippen molar-refractivity contribution in [2.24, 2.45) is 0 Å². The molecule has 0 aliphatic heterocycles. The van der Waals surface area contributed by atoms with Crippen molar-refractivity contribution in [2.45, 2.75) is 19.3 Å². The van der Waals surface area contributed by atoms with E-state index in [0.717, 1.165) is 0 Å². The van der Waals surface area contributed by atoms with E-state index in [2.05, 4.69) is 5.32 Å². The van der Waals surface area contributed by atoms with E-state index in [4.69, 9.17) is 21.2 Å². The van der Waals surface area contributed by atoms with Gasteiger partial charge in [-0.1, -0.05) is 48.5 Å². The van der Waals surface area contributed by atoms with Crippen LogP contribution in [-0.4, -0.2) is 13.5 Å². The topological polar surface area (TPSA) is 21.3 Å². The molecular formula is C17H21NO. The third kappa shape index (κ3) is 3.83. The molecule has 100 valence electrons. The van der Waals surface area contributed by atoms with Gasteiger partial charge in [0.05, 0.1) is 5.48 Å². The highest BCUT2D eigenvalue weighted by Crippen LogP contribution is 2.26. The van der Waals surface area contributed by atoms with Crippen molar-refractivity contribution in [3.05, 3.63) is 65.6 Å². The average Bonchev–Trinajstić information content (AvgIpc) is 2.65. The van der Waals surface area contributed by atoms with Crippen LogP contribution < -0.4 is 10.1 Å². The molecule has 1 N–H and O–H groups in total. The molecule has 0 heterocycles. The second-order valence-electron chi connectivity index (χ2n) is 3.67. The molecule has 0 bridgehead atoms. The van der Waals surface area contributed by atoms with Crippen molar-refractivity contribution in [1.82, 2.24) is 5.32 Å². The van der Waals surface area contributed by atoms with Gasteiger partial charge >= 0.3 is 0 Å². The first kappa shape index (κ1) is 4.95. The molecule has 0 aromatic heterocycles. The number of ether oxygens (including phenoxy) is 1. The average molecular weight is 267 g/mol. The van der Waals surface area contributed by atoms with Crippen LogP contribution >= 0.6 is 0 Å². The standard InChI is InChI=1S/C17H21NO/c1-14-8-6-7-11-16(14)19-17(12-13-18-2)15-9-4-3-5-10-15/h3-11,17-18H,12-13H2,1-2H3/i1D3,2D3,6D,7D,8D,11D,12D2. The Bertz CT molecular complexity index is 924. The van der Waals surface area contributed by atoms with Crippen molar-refractivity contribution in [3.63, 3.8) is 0 Å². The summed E-state index contributed by atoms with van der Waals surface area (Å²) in [6, 6.07) is 4.69. The van der Waals surface area contributed by atoms with Crippen molar-refractivity contribution in [3.8, 4) is 5.75 Å². The van der Waals surface area contributed by atoms with Crippen molar-refractivity contribution >= 4 is 0 Å². The van der Waals surface area contributed by atoms with Crippen LogP contribution in [0.2, 0.25) is 0 Å². The van der Waals surface area contributed by atoms with E-state index in [9.17, 15) is 0 Å². The molecule has 0 amide bonds. The monoisotopic (exact) mass is 267 g/mol. The highest BCUT2D eigenvalue weighted by atomic mass is 16.5. The van der Waals surface area contributed by atoms with E-state index in [-0.39, 0.29) is 5.56 Å². The zero-order valence-electron chi connectivity index (χ0n) is 22.1. The number of hydrogen-bond donors (Lipinski definition) is 1. The van der Waals surface area contributed by atoms with Gasteiger partial charge in [-0.15, -0.1) is 0 Å². The lowest BCUT2D eigenvalue weighted by molar-refractivity contribution is 0.193. The first-order valence-corrected chi connectivity index (χ1v) is 5.63. The van der Waals surface area contributed by atoms with Gasteiger partial charge in [0, 0.05) is 17.3 Å². The summed E-state index contributed by atoms with van der Waals surface area (Å²) in [4.78, 5) is 0. The van der Waals surface area contributed by atoms with Crippen LogP contribution in [-0.2, 0) is 0 Å². The molecule has 19 heavy (non-hydrogen) atoms. The number of benzene rings is 2. The number of para-hydroxylation sites is 1. The number of rotatable bonds is 6. The molecule has 2 heteroatoms. The Morgan fingerprint density at radius 3 is 2.95 bits per heavy atom. The van der Waals surface area contributed by atoms with Crippen LogP contribution in [0.4, 0.5) is 0 Å². The van der Waals surface area contributed by atoms with E-state index >= 15 is 0 Å². The number of hydrogen-bond acceptors (Lipinski definition) is 2. The zero-order chi connectivity index (χ0) is 23.8. The molecule has 2 aromatic carbocycles. The lowest BCUT2D eigenvalue weighted by Crippen LogP contribution is -2.16. The summed E-state index contributed by atoms with van der Waals surface area (Å²) in [5, 5.41) is 2.07. The first-order chi connectivity index (χ1) is 14.1. The Hall–Kier alpha value is -1.80. The molecule has 0 spiro atoms. The van der Waals surface area contributed by atoms with Gasteiger partial charge in [-0.3, -0.25) is 0 Å². The molecule has 2 nitrogen and oxygen atoms in total. The second-order valence-corrected chi connectivity index (χ2v) is 3.67. The van der Waals surface area contributed by atoms with Crippen LogP contribution in [0.1, 0.15) is 40.1 Å². The van der Waals surface area contributed by atoms with Gasteiger partial charge in [0.1, 0.15) is 11.9 Å². The summed E-state index contributed by atoms with van der Waals surface area (Å²) in [6.45, 7) is -6.32. The van der Waals surface area contributed by atoms with Crippen LogP contribution in [0.25, 0.3) is 0 Å². The van der Waals surface area contributed by atoms with Crippen molar-refractivity contribution < 1.29 is 21.2 Å². The summed E-state index contributed by atoms with van der Waals surface area (Å²) in [7, 11) is 0. The van der Waals surface area contributed by atoms with E-state index in [1.807, 2.05) is 0 Å². The third-order valence-electron chi connectivity index (χ3n) is 2.37. The molecule has 0 aliphatic carbocycles. The minimum atomic E-state index is -2.98. The lowest BCUT2D eigenvalue weighted by Gasteiger charge is -2.20. The first-order valence-electron chi connectivity index (χ1n) is 11.6. The van der Waals surface area contributed by atoms with Gasteiger partial charge in [0.2, 0.25) is 0 Å². The molecule has 0 saturated carbocycles. The molecule has 0 aliphatic rings. The van der Waals surface area contributed by atoms with Gasteiger partial charge in [0.25, 0.3) is 0 Å². The van der Waals surface area contributed by atoms with E-state index < -0.39 is 68.3 Å². The van der Waals surface area contributed by atoms with Crippen LogP contribution in [0, 0.1) is 6.85 Å². The van der Waals surface area contributed by atoms with Gasteiger partial charge in [0.15, 0.2) is 0 Å². The van der Waals surface area contributed by atoms with Crippen molar-refractivity contribution in [1.29, 1.82) is 0 Å². The fourth-order valence-electron chi connectivity index (χ4n) is 1.51. The van der Waals surface area contributed by atoms with Crippen molar-refractivity contribution in [2.75, 3.05) is 13.5 Å². The van der Waals surface area contributed by atoms with Crippen LogP contribution in [0.3, 0.4) is 0 Å². The zero-order valence-corrected chi connectivity index (χ0v) is 10.1. The Morgan fingerprint density at radius 2 is 2.16 bits per heavy atom. The van der Waals surface area contributed by atoms with Gasteiger partial charge in [-0.2, -0.15) is 0 Å². The van der Waals surface area contributed by atoms with Gasteiger partial charge in [-0.25, -0.2) is 0 Å². The van der Waals surface area contributed by atoms with E-state index in [1.165, 1.54) is 12.1 Å². The molecule has 1 unspecified atom stereocenters. The predicted molar refractivity (Wildman–Crippen MR) is 79.5 cm³/mol. The maximum absolute atomic E-state index is 8.39. The Morgan fingerprint density at radius 1 is 1.32 bits per heavy atom. The predicted octanol–water partition coefficient (Wildman–Crippen LogP) is 3.72. The van der Waals surface area contributed by atoms with Crippen LogP contribution in [0.15, 0.2) is 54.5 Å². The Kier molecular flexibility index (Phi) is 1.81. The highest BCUT2D eigenvalue weighted by molar-refractivity contribution is 5.33. The quantitative estimate of drug-likeness (QED) is 0.861.